The van der Waals surface area contributed by atoms with Crippen LogP contribution < -0.4 is 10.5 Å². The highest BCUT2D eigenvalue weighted by molar-refractivity contribution is 9.11. The molecule has 0 radical (unpaired) electrons. The highest BCUT2D eigenvalue weighted by Crippen LogP contribution is 2.44. The van der Waals surface area contributed by atoms with Crippen molar-refractivity contribution in [1.29, 1.82) is 0 Å². The van der Waals surface area contributed by atoms with Gasteiger partial charge in [-0.1, -0.05) is 34.8 Å². The summed E-state index contributed by atoms with van der Waals surface area (Å²) in [6.45, 7) is 0. The molecule has 2 aromatic carbocycles. The van der Waals surface area contributed by atoms with E-state index in [0.717, 1.165) is 0 Å². The molecule has 1 amide bonds. The third kappa shape index (κ3) is 3.66. The van der Waals surface area contributed by atoms with Crippen LogP contribution in [0.2, 0.25) is 15.1 Å². The molecule has 0 aliphatic rings. The Bertz CT molecular complexity index is 738. The largest absolute Gasteiger partial charge is 0.453 e. The van der Waals surface area contributed by atoms with E-state index < -0.39 is 5.91 Å². The maximum Gasteiger partial charge on any atom is 0.249 e. The summed E-state index contributed by atoms with van der Waals surface area (Å²) < 4.78 is 6.65. The van der Waals surface area contributed by atoms with Gasteiger partial charge in [0.25, 0.3) is 0 Å². The topological polar surface area (TPSA) is 52.3 Å². The summed E-state index contributed by atoms with van der Waals surface area (Å²) in [5, 5.41) is 0.869. The summed E-state index contributed by atoms with van der Waals surface area (Å²) >= 11 is 24.7. The average molecular weight is 474 g/mol. The third-order valence-corrected chi connectivity index (χ3v) is 5.04. The van der Waals surface area contributed by atoms with Crippen LogP contribution in [0.15, 0.2) is 33.2 Å². The highest BCUT2D eigenvalue weighted by atomic mass is 79.9. The van der Waals surface area contributed by atoms with Crippen LogP contribution in [0.4, 0.5) is 0 Å². The number of ether oxygens (including phenoxy) is 1. The number of halogens is 5. The first kappa shape index (κ1) is 16.9. The fourth-order valence-corrected chi connectivity index (χ4v) is 3.31. The lowest BCUT2D eigenvalue weighted by molar-refractivity contribution is 0.0999. The minimum absolute atomic E-state index is 0.151. The van der Waals surface area contributed by atoms with E-state index in [-0.39, 0.29) is 21.4 Å². The molecule has 110 valence electrons. The molecule has 0 atom stereocenters. The lowest BCUT2D eigenvalue weighted by atomic mass is 10.2. The maximum atomic E-state index is 11.3. The van der Waals surface area contributed by atoms with Gasteiger partial charge in [-0.2, -0.15) is 0 Å². The molecule has 0 aliphatic carbocycles. The van der Waals surface area contributed by atoms with Gasteiger partial charge in [-0.3, -0.25) is 4.79 Å². The zero-order chi connectivity index (χ0) is 15.7. The van der Waals surface area contributed by atoms with E-state index in [4.69, 9.17) is 45.3 Å². The van der Waals surface area contributed by atoms with Crippen molar-refractivity contribution in [3.05, 3.63) is 53.8 Å². The van der Waals surface area contributed by atoms with Gasteiger partial charge in [0.15, 0.2) is 5.75 Å². The minimum atomic E-state index is -0.648. The van der Waals surface area contributed by atoms with Crippen LogP contribution in [-0.4, -0.2) is 5.91 Å². The smallest absolute Gasteiger partial charge is 0.249 e. The van der Waals surface area contributed by atoms with Gasteiger partial charge in [-0.15, -0.1) is 0 Å². The van der Waals surface area contributed by atoms with Crippen molar-refractivity contribution in [2.75, 3.05) is 0 Å². The van der Waals surface area contributed by atoms with E-state index in [0.29, 0.717) is 19.7 Å². The average Bonchev–Trinajstić information content (AvgIpc) is 2.40. The van der Waals surface area contributed by atoms with E-state index in [2.05, 4.69) is 31.9 Å². The van der Waals surface area contributed by atoms with Crippen LogP contribution in [-0.2, 0) is 0 Å². The first-order chi connectivity index (χ1) is 9.81. The number of primary amides is 1. The number of carbonyl (C=O) groups is 1. The predicted molar refractivity (Wildman–Crippen MR) is 91.9 cm³/mol. The Labute approximate surface area is 152 Å². The summed E-state index contributed by atoms with van der Waals surface area (Å²) in [6, 6.07) is 6.38. The van der Waals surface area contributed by atoms with Gasteiger partial charge in [0.05, 0.1) is 24.6 Å². The van der Waals surface area contributed by atoms with Crippen molar-refractivity contribution in [2.45, 2.75) is 0 Å². The number of amides is 1. The Morgan fingerprint density at radius 2 is 1.81 bits per heavy atom. The normalized spacial score (nSPS) is 10.5. The van der Waals surface area contributed by atoms with E-state index in [1.807, 2.05) is 0 Å². The van der Waals surface area contributed by atoms with Crippen LogP contribution in [0.5, 0.6) is 11.5 Å². The van der Waals surface area contributed by atoms with Crippen molar-refractivity contribution < 1.29 is 9.53 Å². The molecule has 0 saturated carbocycles. The fraction of sp³-hybridized carbons (Fsp3) is 0. The van der Waals surface area contributed by atoms with Crippen molar-refractivity contribution in [1.82, 2.24) is 0 Å². The van der Waals surface area contributed by atoms with Crippen molar-refractivity contribution in [3.8, 4) is 11.5 Å². The van der Waals surface area contributed by atoms with Gasteiger partial charge in [0.2, 0.25) is 5.91 Å². The number of carbonyl (C=O) groups excluding carboxylic acids is 1. The summed E-state index contributed by atoms with van der Waals surface area (Å²) in [4.78, 5) is 11.3. The second-order valence-corrected chi connectivity index (χ2v) is 6.77. The zero-order valence-corrected chi connectivity index (χ0v) is 15.5. The third-order valence-electron chi connectivity index (χ3n) is 2.49. The molecule has 0 aliphatic heterocycles. The molecule has 2 N–H and O–H groups in total. The Kier molecular flexibility index (Phi) is 5.43. The first-order valence-corrected chi connectivity index (χ1v) is 8.13. The Hall–Kier alpha value is -0.460. The van der Waals surface area contributed by atoms with Gasteiger partial charge in [-0.25, -0.2) is 0 Å². The molecule has 21 heavy (non-hydrogen) atoms. The molecule has 0 heterocycles. The molecular weight excluding hydrogens is 468 g/mol. The molecule has 8 heteroatoms. The first-order valence-electron chi connectivity index (χ1n) is 5.41. The van der Waals surface area contributed by atoms with E-state index >= 15 is 0 Å². The summed E-state index contributed by atoms with van der Waals surface area (Å²) in [7, 11) is 0. The molecule has 2 rings (SSSR count). The summed E-state index contributed by atoms with van der Waals surface area (Å²) in [6.07, 6.45) is 0. The van der Waals surface area contributed by atoms with Gasteiger partial charge in [-0.05, 0) is 56.1 Å². The minimum Gasteiger partial charge on any atom is -0.453 e. The number of hydrogen-bond donors (Lipinski definition) is 1. The quantitative estimate of drug-likeness (QED) is 0.550. The van der Waals surface area contributed by atoms with Gasteiger partial charge >= 0.3 is 0 Å². The van der Waals surface area contributed by atoms with Crippen LogP contribution in [0.3, 0.4) is 0 Å². The van der Waals surface area contributed by atoms with Crippen LogP contribution in [0, 0.1) is 0 Å². The van der Waals surface area contributed by atoms with Gasteiger partial charge < -0.3 is 10.5 Å². The predicted octanol–water partition coefficient (Wildman–Crippen LogP) is 6.06. The number of benzene rings is 2. The lowest BCUT2D eigenvalue weighted by Gasteiger charge is -2.14. The van der Waals surface area contributed by atoms with Gasteiger partial charge in [0.1, 0.15) is 5.75 Å². The van der Waals surface area contributed by atoms with Crippen molar-refractivity contribution >= 4 is 72.6 Å². The standard InChI is InChI=1S/C13H6Br2Cl3NO2/c14-7-3-5(16)1-2-9(7)21-12-8(17)4-6(13(19)20)10(15)11(12)18/h1-4H,(H2,19,20). The number of rotatable bonds is 3. The number of hydrogen-bond acceptors (Lipinski definition) is 2. The lowest BCUT2D eigenvalue weighted by Crippen LogP contribution is -2.12. The van der Waals surface area contributed by atoms with E-state index in [9.17, 15) is 4.79 Å². The fourth-order valence-electron chi connectivity index (χ4n) is 1.52. The molecule has 3 nitrogen and oxygen atoms in total. The SMILES string of the molecule is NC(=O)c1cc(Cl)c(Oc2ccc(Cl)cc2Br)c(Cl)c1Br. The Morgan fingerprint density at radius 3 is 2.38 bits per heavy atom. The maximum absolute atomic E-state index is 11.3. The molecule has 0 fully saturated rings. The molecule has 0 bridgehead atoms. The Balaban J connectivity index is 2.50. The Morgan fingerprint density at radius 1 is 1.14 bits per heavy atom. The second kappa shape index (κ2) is 6.75. The molecule has 2 aromatic rings. The van der Waals surface area contributed by atoms with Gasteiger partial charge in [0, 0.05) is 5.02 Å². The monoisotopic (exact) mass is 471 g/mol. The zero-order valence-electron chi connectivity index (χ0n) is 10.1. The summed E-state index contributed by atoms with van der Waals surface area (Å²) in [5.74, 6) is 0.0325. The van der Waals surface area contributed by atoms with E-state index in [1.165, 1.54) is 6.07 Å². The number of nitrogens with two attached hydrogens (primary N) is 1. The highest BCUT2D eigenvalue weighted by Gasteiger charge is 2.19. The second-order valence-electron chi connectivity index (χ2n) is 3.90. The molecule has 0 saturated heterocycles. The van der Waals surface area contributed by atoms with Crippen molar-refractivity contribution in [2.24, 2.45) is 5.73 Å². The molecular formula is C13H6Br2Cl3NO2. The van der Waals surface area contributed by atoms with Crippen LogP contribution >= 0.6 is 66.7 Å². The molecule has 0 unspecified atom stereocenters. The molecule has 0 aromatic heterocycles. The van der Waals surface area contributed by atoms with Crippen LogP contribution in [0.25, 0.3) is 0 Å². The van der Waals surface area contributed by atoms with E-state index in [1.54, 1.807) is 18.2 Å². The van der Waals surface area contributed by atoms with Crippen LogP contribution in [0.1, 0.15) is 10.4 Å². The molecule has 0 spiro atoms. The summed E-state index contributed by atoms with van der Waals surface area (Å²) in [5.41, 5.74) is 5.42. The van der Waals surface area contributed by atoms with Crippen molar-refractivity contribution in [3.63, 3.8) is 0 Å².